The fraction of sp³-hybridized carbons (Fsp3) is 0.533. The lowest BCUT2D eigenvalue weighted by Crippen LogP contribution is -2.54. The molecule has 0 N–H and O–H groups in total. The molecule has 7 nitrogen and oxygen atoms in total. The Bertz CT molecular complexity index is 567. The zero-order chi connectivity index (χ0) is 16.2. The topological polar surface area (TPSA) is 66.0 Å². The van der Waals surface area contributed by atoms with Crippen molar-refractivity contribution in [2.24, 2.45) is 0 Å². The zero-order valence-corrected chi connectivity index (χ0v) is 14.4. The number of ether oxygens (including phenoxy) is 1. The number of pyridine rings is 1. The molecule has 3 rings (SSSR count). The summed E-state index contributed by atoms with van der Waals surface area (Å²) in [7, 11) is 0. The fourth-order valence-corrected chi connectivity index (χ4v) is 2.97. The van der Waals surface area contributed by atoms with Crippen LogP contribution in [0.25, 0.3) is 0 Å². The minimum Gasteiger partial charge on any atom is -0.378 e. The van der Waals surface area contributed by atoms with Gasteiger partial charge in [-0.3, -0.25) is 9.59 Å². The first-order chi connectivity index (χ1) is 11.1. The Hall–Kier alpha value is -1.67. The number of carbonyl (C=O) groups is 2. The molecule has 3 heterocycles. The van der Waals surface area contributed by atoms with Crippen LogP contribution in [0.15, 0.2) is 22.8 Å². The van der Waals surface area contributed by atoms with Gasteiger partial charge in [0.15, 0.2) is 0 Å². The highest BCUT2D eigenvalue weighted by Crippen LogP contribution is 2.16. The lowest BCUT2D eigenvalue weighted by atomic mass is 10.2. The van der Waals surface area contributed by atoms with Crippen molar-refractivity contribution in [3.05, 3.63) is 22.8 Å². The van der Waals surface area contributed by atoms with Crippen LogP contribution in [0.2, 0.25) is 0 Å². The summed E-state index contributed by atoms with van der Waals surface area (Å²) in [6, 6.07) is 3.89. The number of carbonyl (C=O) groups excluding carboxylic acids is 2. The molecule has 2 amide bonds. The summed E-state index contributed by atoms with van der Waals surface area (Å²) in [4.78, 5) is 34.3. The molecule has 124 valence electrons. The van der Waals surface area contributed by atoms with Crippen LogP contribution in [0.1, 0.15) is 0 Å². The number of morpholine rings is 1. The maximum absolute atomic E-state index is 12.3. The van der Waals surface area contributed by atoms with Gasteiger partial charge in [-0.05, 0) is 28.1 Å². The van der Waals surface area contributed by atoms with Crippen LogP contribution in [0.3, 0.4) is 0 Å². The molecule has 0 bridgehead atoms. The number of amides is 2. The van der Waals surface area contributed by atoms with Crippen LogP contribution in [-0.2, 0) is 14.3 Å². The van der Waals surface area contributed by atoms with Crippen molar-refractivity contribution in [1.29, 1.82) is 0 Å². The zero-order valence-electron chi connectivity index (χ0n) is 12.8. The summed E-state index contributed by atoms with van der Waals surface area (Å²) in [5, 5.41) is 0. The molecule has 2 fully saturated rings. The maximum Gasteiger partial charge on any atom is 0.312 e. The van der Waals surface area contributed by atoms with Gasteiger partial charge in [-0.1, -0.05) is 0 Å². The van der Waals surface area contributed by atoms with Crippen molar-refractivity contribution in [3.63, 3.8) is 0 Å². The number of nitrogens with zero attached hydrogens (tertiary/aromatic N) is 4. The molecule has 0 atom stereocenters. The van der Waals surface area contributed by atoms with Crippen LogP contribution in [-0.4, -0.2) is 79.1 Å². The minimum absolute atomic E-state index is 0.407. The largest absolute Gasteiger partial charge is 0.378 e. The molecule has 0 unspecified atom stereocenters. The number of anilines is 1. The highest BCUT2D eigenvalue weighted by molar-refractivity contribution is 9.10. The highest BCUT2D eigenvalue weighted by atomic mass is 79.9. The van der Waals surface area contributed by atoms with E-state index >= 15 is 0 Å². The summed E-state index contributed by atoms with van der Waals surface area (Å²) < 4.78 is 6.15. The van der Waals surface area contributed by atoms with E-state index in [0.29, 0.717) is 52.5 Å². The van der Waals surface area contributed by atoms with Crippen LogP contribution in [0.4, 0.5) is 5.82 Å². The van der Waals surface area contributed by atoms with Gasteiger partial charge < -0.3 is 19.4 Å². The van der Waals surface area contributed by atoms with Crippen molar-refractivity contribution >= 4 is 33.6 Å². The quantitative estimate of drug-likeness (QED) is 0.655. The van der Waals surface area contributed by atoms with E-state index in [9.17, 15) is 9.59 Å². The van der Waals surface area contributed by atoms with Gasteiger partial charge in [0.2, 0.25) is 0 Å². The van der Waals surface area contributed by atoms with E-state index < -0.39 is 11.8 Å². The Balaban J connectivity index is 1.54. The standard InChI is InChI=1S/C15H19BrN4O3/c16-12-1-2-13(17-11-12)18-3-5-19(6-4-18)14(21)15(22)20-7-9-23-10-8-20/h1-2,11H,3-10H2. The Labute approximate surface area is 143 Å². The van der Waals surface area contributed by atoms with Gasteiger partial charge in [-0.25, -0.2) is 4.98 Å². The Morgan fingerprint density at radius 1 is 0.957 bits per heavy atom. The first-order valence-corrected chi connectivity index (χ1v) is 8.47. The average molecular weight is 383 g/mol. The number of halogens is 1. The van der Waals surface area contributed by atoms with Crippen molar-refractivity contribution in [2.45, 2.75) is 0 Å². The van der Waals surface area contributed by atoms with Crippen LogP contribution in [0.5, 0.6) is 0 Å². The van der Waals surface area contributed by atoms with E-state index in [1.807, 2.05) is 12.1 Å². The first-order valence-electron chi connectivity index (χ1n) is 7.67. The van der Waals surface area contributed by atoms with Gasteiger partial charge in [-0.15, -0.1) is 0 Å². The second-order valence-electron chi connectivity index (χ2n) is 5.52. The summed E-state index contributed by atoms with van der Waals surface area (Å²) in [5.74, 6) is 0.0682. The molecular formula is C15H19BrN4O3. The predicted octanol–water partition coefficient (Wildman–Crippen LogP) is 0.351. The van der Waals surface area contributed by atoms with E-state index in [1.165, 1.54) is 0 Å². The second kappa shape index (κ2) is 7.27. The first kappa shape index (κ1) is 16.2. The van der Waals surface area contributed by atoms with Gasteiger partial charge in [0.1, 0.15) is 5.82 Å². The van der Waals surface area contributed by atoms with Gasteiger partial charge in [0.05, 0.1) is 13.2 Å². The van der Waals surface area contributed by atoms with Crippen LogP contribution in [0, 0.1) is 0 Å². The number of aromatic nitrogens is 1. The average Bonchev–Trinajstić information content (AvgIpc) is 2.62. The molecule has 0 spiro atoms. The molecule has 1 aromatic rings. The third kappa shape index (κ3) is 3.81. The molecule has 0 aliphatic carbocycles. The van der Waals surface area contributed by atoms with Crippen LogP contribution < -0.4 is 4.90 Å². The summed E-state index contributed by atoms with van der Waals surface area (Å²) >= 11 is 3.37. The van der Waals surface area contributed by atoms with E-state index in [-0.39, 0.29) is 0 Å². The minimum atomic E-state index is -0.413. The van der Waals surface area contributed by atoms with Crippen molar-refractivity contribution < 1.29 is 14.3 Å². The third-order valence-electron chi connectivity index (χ3n) is 4.08. The van der Waals surface area contributed by atoms with Crippen molar-refractivity contribution in [2.75, 3.05) is 57.4 Å². The van der Waals surface area contributed by atoms with E-state index in [0.717, 1.165) is 10.3 Å². The van der Waals surface area contributed by atoms with Gasteiger partial charge in [0, 0.05) is 49.9 Å². The molecule has 2 saturated heterocycles. The van der Waals surface area contributed by atoms with Gasteiger partial charge in [-0.2, -0.15) is 0 Å². The number of hydrogen-bond donors (Lipinski definition) is 0. The molecule has 2 aliphatic rings. The molecule has 8 heteroatoms. The van der Waals surface area contributed by atoms with E-state index in [2.05, 4.69) is 25.8 Å². The van der Waals surface area contributed by atoms with Gasteiger partial charge in [0.25, 0.3) is 0 Å². The normalized spacial score (nSPS) is 18.9. The molecule has 0 aromatic carbocycles. The molecule has 1 aromatic heterocycles. The maximum atomic E-state index is 12.3. The van der Waals surface area contributed by atoms with Gasteiger partial charge >= 0.3 is 11.8 Å². The molecule has 2 aliphatic heterocycles. The number of rotatable bonds is 1. The van der Waals surface area contributed by atoms with E-state index in [1.54, 1.807) is 16.0 Å². The predicted molar refractivity (Wildman–Crippen MR) is 88.1 cm³/mol. The molecule has 23 heavy (non-hydrogen) atoms. The number of piperazine rings is 1. The smallest absolute Gasteiger partial charge is 0.312 e. The highest BCUT2D eigenvalue weighted by Gasteiger charge is 2.30. The summed E-state index contributed by atoms with van der Waals surface area (Å²) in [6.45, 7) is 4.41. The Kier molecular flexibility index (Phi) is 5.12. The molecule has 0 saturated carbocycles. The molecule has 0 radical (unpaired) electrons. The van der Waals surface area contributed by atoms with Crippen LogP contribution >= 0.6 is 15.9 Å². The SMILES string of the molecule is O=C(C(=O)N1CCN(c2ccc(Br)cn2)CC1)N1CCOCC1. The summed E-state index contributed by atoms with van der Waals surface area (Å²) in [6.07, 6.45) is 1.76. The van der Waals surface area contributed by atoms with E-state index in [4.69, 9.17) is 4.74 Å². The lowest BCUT2D eigenvalue weighted by molar-refractivity contribution is -0.154. The van der Waals surface area contributed by atoms with Crippen molar-refractivity contribution in [1.82, 2.24) is 14.8 Å². The second-order valence-corrected chi connectivity index (χ2v) is 6.43. The Morgan fingerprint density at radius 2 is 1.57 bits per heavy atom. The summed E-state index contributed by atoms with van der Waals surface area (Å²) in [5.41, 5.74) is 0. The molecular weight excluding hydrogens is 364 g/mol. The third-order valence-corrected chi connectivity index (χ3v) is 4.55. The Morgan fingerprint density at radius 3 is 2.13 bits per heavy atom. The fourth-order valence-electron chi connectivity index (χ4n) is 2.73. The monoisotopic (exact) mass is 382 g/mol. The lowest BCUT2D eigenvalue weighted by Gasteiger charge is -2.36. The van der Waals surface area contributed by atoms with Crippen molar-refractivity contribution in [3.8, 4) is 0 Å². The number of hydrogen-bond acceptors (Lipinski definition) is 5.